The molecule has 17 heavy (non-hydrogen) atoms. The van der Waals surface area contributed by atoms with E-state index in [0.717, 1.165) is 25.0 Å². The minimum absolute atomic E-state index is 0.838. The molecule has 90 valence electrons. The molecule has 0 aliphatic rings. The molecule has 0 radical (unpaired) electrons. The van der Waals surface area contributed by atoms with Gasteiger partial charge in [0.2, 0.25) is 0 Å². The summed E-state index contributed by atoms with van der Waals surface area (Å²) in [5.41, 5.74) is 2.38. The van der Waals surface area contributed by atoms with E-state index in [0.29, 0.717) is 0 Å². The summed E-state index contributed by atoms with van der Waals surface area (Å²) in [7, 11) is 0. The molecule has 0 spiro atoms. The second-order valence-electron chi connectivity index (χ2n) is 3.65. The van der Waals surface area contributed by atoms with Gasteiger partial charge in [-0.05, 0) is 62.5 Å². The van der Waals surface area contributed by atoms with Crippen molar-refractivity contribution in [2.75, 3.05) is 5.32 Å². The summed E-state index contributed by atoms with van der Waals surface area (Å²) in [5.74, 6) is 0. The van der Waals surface area contributed by atoms with Crippen LogP contribution < -0.4 is 5.32 Å². The molecular weight excluding hydrogens is 430 g/mol. The van der Waals surface area contributed by atoms with Crippen molar-refractivity contribution in [3.63, 3.8) is 0 Å². The first-order valence-corrected chi connectivity index (χ1v) is 8.19. The summed E-state index contributed by atoms with van der Waals surface area (Å²) < 4.78 is 3.39. The minimum atomic E-state index is 0.838. The third-order valence-corrected chi connectivity index (χ3v) is 6.45. The Morgan fingerprint density at radius 3 is 2.47 bits per heavy atom. The van der Waals surface area contributed by atoms with Gasteiger partial charge in [0.15, 0.2) is 0 Å². The fraction of sp³-hybridized carbons (Fsp3) is 0.167. The van der Waals surface area contributed by atoms with Crippen molar-refractivity contribution in [3.8, 4) is 0 Å². The van der Waals surface area contributed by atoms with Crippen LogP contribution in [0.4, 0.5) is 5.69 Å². The van der Waals surface area contributed by atoms with E-state index in [2.05, 4.69) is 84.3 Å². The average molecular weight is 440 g/mol. The van der Waals surface area contributed by atoms with Crippen molar-refractivity contribution in [2.45, 2.75) is 13.5 Å². The lowest BCUT2D eigenvalue weighted by Crippen LogP contribution is -1.97. The monoisotopic (exact) mass is 437 g/mol. The first kappa shape index (κ1) is 13.6. The molecule has 2 rings (SSSR count). The maximum absolute atomic E-state index is 3.54. The third kappa shape index (κ3) is 3.56. The summed E-state index contributed by atoms with van der Waals surface area (Å²) in [4.78, 5) is 1.29. The Labute approximate surface area is 130 Å². The zero-order valence-corrected chi connectivity index (χ0v) is 14.6. The van der Waals surface area contributed by atoms with Gasteiger partial charge in [-0.25, -0.2) is 0 Å². The van der Waals surface area contributed by atoms with Crippen LogP contribution in [0, 0.1) is 6.92 Å². The number of hydrogen-bond donors (Lipinski definition) is 1. The van der Waals surface area contributed by atoms with Crippen LogP contribution in [0.15, 0.2) is 37.0 Å². The normalized spacial score (nSPS) is 10.6. The molecule has 0 amide bonds. The van der Waals surface area contributed by atoms with Crippen LogP contribution in [0.1, 0.15) is 10.4 Å². The number of hydrogen-bond acceptors (Lipinski definition) is 2. The van der Waals surface area contributed by atoms with E-state index in [1.165, 1.54) is 10.4 Å². The van der Waals surface area contributed by atoms with Gasteiger partial charge in [-0.3, -0.25) is 0 Å². The fourth-order valence-corrected chi connectivity index (χ4v) is 3.87. The van der Waals surface area contributed by atoms with Gasteiger partial charge in [0.1, 0.15) is 0 Å². The molecule has 0 atom stereocenters. The van der Waals surface area contributed by atoms with Crippen molar-refractivity contribution in [1.29, 1.82) is 0 Å². The molecule has 1 heterocycles. The molecule has 0 unspecified atom stereocenters. The van der Waals surface area contributed by atoms with Crippen LogP contribution in [0.2, 0.25) is 0 Å². The van der Waals surface area contributed by atoms with E-state index < -0.39 is 0 Å². The second-order valence-corrected chi connectivity index (χ2v) is 7.82. The highest BCUT2D eigenvalue weighted by atomic mass is 79.9. The molecule has 0 aliphatic heterocycles. The molecular formula is C12H10Br3NS. The van der Waals surface area contributed by atoms with E-state index in [1.807, 2.05) is 0 Å². The van der Waals surface area contributed by atoms with Crippen molar-refractivity contribution in [2.24, 2.45) is 0 Å². The van der Waals surface area contributed by atoms with E-state index in [4.69, 9.17) is 0 Å². The van der Waals surface area contributed by atoms with E-state index in [-0.39, 0.29) is 0 Å². The number of aryl methyl sites for hydroxylation is 1. The number of thiophene rings is 1. The van der Waals surface area contributed by atoms with Gasteiger partial charge >= 0.3 is 0 Å². The third-order valence-electron chi connectivity index (χ3n) is 2.33. The summed E-state index contributed by atoms with van der Waals surface area (Å²) >= 11 is 12.3. The van der Waals surface area contributed by atoms with Gasteiger partial charge < -0.3 is 5.32 Å². The Balaban J connectivity index is 2.04. The van der Waals surface area contributed by atoms with Crippen LogP contribution in [-0.4, -0.2) is 0 Å². The summed E-state index contributed by atoms with van der Waals surface area (Å²) in [6.07, 6.45) is 0. The lowest BCUT2D eigenvalue weighted by molar-refractivity contribution is 1.19. The Morgan fingerprint density at radius 2 is 1.88 bits per heavy atom. The number of halogens is 3. The fourth-order valence-electron chi connectivity index (χ4n) is 1.37. The molecule has 1 aromatic heterocycles. The van der Waals surface area contributed by atoms with Gasteiger partial charge in [-0.15, -0.1) is 11.3 Å². The first-order valence-electron chi connectivity index (χ1n) is 5.00. The van der Waals surface area contributed by atoms with Crippen molar-refractivity contribution in [1.82, 2.24) is 0 Å². The smallest absolute Gasteiger partial charge is 0.0843 e. The standard InChI is InChI=1S/C12H10Br3NS/c1-7-2-3-8(4-10(7)13)16-6-9-5-11(14)12(15)17-9/h2-5,16H,6H2,1H3. The zero-order chi connectivity index (χ0) is 12.4. The molecule has 0 bridgehead atoms. The predicted molar refractivity (Wildman–Crippen MR) is 85.9 cm³/mol. The number of anilines is 1. The number of rotatable bonds is 3. The Bertz CT molecular complexity index is 517. The SMILES string of the molecule is Cc1ccc(NCc2cc(Br)c(Br)s2)cc1Br. The quantitative estimate of drug-likeness (QED) is 0.622. The molecule has 1 aromatic carbocycles. The molecule has 0 saturated heterocycles. The molecule has 2 aromatic rings. The molecule has 0 aliphatic carbocycles. The van der Waals surface area contributed by atoms with Crippen LogP contribution in [0.25, 0.3) is 0 Å². The highest BCUT2D eigenvalue weighted by Crippen LogP contribution is 2.32. The average Bonchev–Trinajstić information content (AvgIpc) is 2.60. The lowest BCUT2D eigenvalue weighted by Gasteiger charge is -2.06. The van der Waals surface area contributed by atoms with E-state index in [1.54, 1.807) is 11.3 Å². The minimum Gasteiger partial charge on any atom is -0.380 e. The van der Waals surface area contributed by atoms with E-state index in [9.17, 15) is 0 Å². The van der Waals surface area contributed by atoms with Crippen molar-refractivity contribution < 1.29 is 0 Å². The number of nitrogens with one attached hydrogen (secondary N) is 1. The molecule has 0 saturated carbocycles. The van der Waals surface area contributed by atoms with Gasteiger partial charge in [0, 0.05) is 26.1 Å². The van der Waals surface area contributed by atoms with Crippen LogP contribution in [0.3, 0.4) is 0 Å². The summed E-state index contributed by atoms with van der Waals surface area (Å²) in [6.45, 7) is 2.92. The highest BCUT2D eigenvalue weighted by Gasteiger charge is 2.04. The van der Waals surface area contributed by atoms with E-state index >= 15 is 0 Å². The van der Waals surface area contributed by atoms with Gasteiger partial charge in [-0.1, -0.05) is 22.0 Å². The molecule has 1 N–H and O–H groups in total. The summed E-state index contributed by atoms with van der Waals surface area (Å²) in [6, 6.07) is 8.43. The molecule has 1 nitrogen and oxygen atoms in total. The molecule has 5 heteroatoms. The van der Waals surface area contributed by atoms with Crippen molar-refractivity contribution in [3.05, 3.63) is 47.4 Å². The van der Waals surface area contributed by atoms with Gasteiger partial charge in [-0.2, -0.15) is 0 Å². The molecule has 0 fully saturated rings. The maximum atomic E-state index is 3.54. The maximum Gasteiger partial charge on any atom is 0.0843 e. The Hall–Kier alpha value is 0.160. The zero-order valence-electron chi connectivity index (χ0n) is 9.06. The van der Waals surface area contributed by atoms with Crippen LogP contribution in [0.5, 0.6) is 0 Å². The summed E-state index contributed by atoms with van der Waals surface area (Å²) in [5, 5.41) is 3.41. The Kier molecular flexibility index (Phi) is 4.69. The van der Waals surface area contributed by atoms with Crippen LogP contribution >= 0.6 is 59.1 Å². The second kappa shape index (κ2) is 5.87. The largest absolute Gasteiger partial charge is 0.380 e. The van der Waals surface area contributed by atoms with Gasteiger partial charge in [0.25, 0.3) is 0 Å². The predicted octanol–water partition coefficient (Wildman–Crippen LogP) is 5.96. The topological polar surface area (TPSA) is 12.0 Å². The van der Waals surface area contributed by atoms with Gasteiger partial charge in [0.05, 0.1) is 3.79 Å². The number of benzene rings is 1. The van der Waals surface area contributed by atoms with Crippen LogP contribution in [-0.2, 0) is 6.54 Å². The highest BCUT2D eigenvalue weighted by molar-refractivity contribution is 9.13. The first-order chi connectivity index (χ1) is 8.06. The Morgan fingerprint density at radius 1 is 1.12 bits per heavy atom. The van der Waals surface area contributed by atoms with Crippen molar-refractivity contribution >= 4 is 64.8 Å². The lowest BCUT2D eigenvalue weighted by atomic mass is 10.2.